The first-order chi connectivity index (χ1) is 16.4. The van der Waals surface area contributed by atoms with Crippen molar-refractivity contribution in [3.05, 3.63) is 89.0 Å². The van der Waals surface area contributed by atoms with Crippen LogP contribution in [-0.2, 0) is 10.0 Å². The minimum absolute atomic E-state index is 0.119. The Bertz CT molecular complexity index is 1360. The molecule has 3 aromatic carbocycles. The van der Waals surface area contributed by atoms with Gasteiger partial charge in [0.25, 0.3) is 10.0 Å². The third-order valence-corrected chi connectivity index (χ3v) is 8.14. The summed E-state index contributed by atoms with van der Waals surface area (Å²) < 4.78 is 39.7. The van der Waals surface area contributed by atoms with Gasteiger partial charge in [-0.2, -0.15) is 0 Å². The Morgan fingerprint density at radius 1 is 1.00 bits per heavy atom. The van der Waals surface area contributed by atoms with Crippen molar-refractivity contribution in [3.8, 4) is 11.5 Å². The van der Waals surface area contributed by atoms with Gasteiger partial charge in [0, 0.05) is 22.7 Å². The summed E-state index contributed by atoms with van der Waals surface area (Å²) in [6, 6.07) is 18.2. The van der Waals surface area contributed by atoms with Crippen molar-refractivity contribution in [3.63, 3.8) is 0 Å². The number of fused-ring (bicyclic) bond motifs is 3. The number of anilines is 2. The maximum absolute atomic E-state index is 13.3. The molecule has 34 heavy (non-hydrogen) atoms. The summed E-state index contributed by atoms with van der Waals surface area (Å²) in [5.74, 6) is 1.38. The molecule has 0 fully saturated rings. The highest BCUT2D eigenvalue weighted by atomic mass is 35.5. The molecule has 2 N–H and O–H groups in total. The topological polar surface area (TPSA) is 76.7 Å². The van der Waals surface area contributed by atoms with Crippen molar-refractivity contribution < 1.29 is 17.9 Å². The van der Waals surface area contributed by atoms with Crippen LogP contribution in [0.2, 0.25) is 5.02 Å². The fourth-order valence-electron chi connectivity index (χ4n) is 4.83. The van der Waals surface area contributed by atoms with Gasteiger partial charge in [0.2, 0.25) is 0 Å². The van der Waals surface area contributed by atoms with Crippen molar-refractivity contribution >= 4 is 33.0 Å². The van der Waals surface area contributed by atoms with E-state index in [2.05, 4.69) is 22.2 Å². The van der Waals surface area contributed by atoms with Crippen molar-refractivity contribution in [2.45, 2.75) is 23.3 Å². The van der Waals surface area contributed by atoms with Crippen LogP contribution in [-0.4, -0.2) is 22.6 Å². The van der Waals surface area contributed by atoms with Crippen LogP contribution in [0, 0.1) is 5.92 Å². The molecule has 0 spiro atoms. The molecule has 0 unspecified atom stereocenters. The molecule has 2 aliphatic rings. The highest BCUT2D eigenvalue weighted by Crippen LogP contribution is 2.50. The summed E-state index contributed by atoms with van der Waals surface area (Å²) in [5, 5.41) is 4.34. The first-order valence-electron chi connectivity index (χ1n) is 11.0. The maximum Gasteiger partial charge on any atom is 0.262 e. The summed E-state index contributed by atoms with van der Waals surface area (Å²) in [4.78, 5) is 0.204. The third kappa shape index (κ3) is 4.10. The lowest BCUT2D eigenvalue weighted by Gasteiger charge is -2.37. The van der Waals surface area contributed by atoms with E-state index < -0.39 is 10.0 Å². The van der Waals surface area contributed by atoms with Gasteiger partial charge in [-0.25, -0.2) is 8.42 Å². The molecule has 1 heterocycles. The molecule has 5 rings (SSSR count). The van der Waals surface area contributed by atoms with Gasteiger partial charge >= 0.3 is 0 Å². The Morgan fingerprint density at radius 3 is 2.53 bits per heavy atom. The highest BCUT2D eigenvalue weighted by Gasteiger charge is 2.38. The zero-order chi connectivity index (χ0) is 23.9. The molecule has 0 saturated carbocycles. The second-order valence-electron chi connectivity index (χ2n) is 8.45. The van der Waals surface area contributed by atoms with E-state index in [1.54, 1.807) is 37.4 Å². The summed E-state index contributed by atoms with van der Waals surface area (Å²) in [5.41, 5.74) is 3.43. The average Bonchev–Trinajstić information content (AvgIpc) is 3.34. The Morgan fingerprint density at radius 2 is 1.79 bits per heavy atom. The SMILES string of the molecule is COc1ccc(NS(=O)(=O)c2ccc3c(c2)[C@H]2C=CC[C@H]2[C@@H](c2ccc(Cl)cc2)N3)c(OC)c1. The van der Waals surface area contributed by atoms with Crippen molar-refractivity contribution in [2.24, 2.45) is 5.92 Å². The number of sulfonamides is 1. The minimum atomic E-state index is -3.84. The minimum Gasteiger partial charge on any atom is -0.497 e. The lowest BCUT2D eigenvalue weighted by atomic mass is 9.77. The Labute approximate surface area is 204 Å². The zero-order valence-electron chi connectivity index (χ0n) is 18.8. The number of allylic oxidation sites excluding steroid dienone is 2. The van der Waals surface area contributed by atoms with Crippen LogP contribution in [0.4, 0.5) is 11.4 Å². The fourth-order valence-corrected chi connectivity index (χ4v) is 6.06. The van der Waals surface area contributed by atoms with Crippen LogP contribution in [0.5, 0.6) is 11.5 Å². The summed E-state index contributed by atoms with van der Waals surface area (Å²) in [6.07, 6.45) is 5.28. The van der Waals surface area contributed by atoms with Gasteiger partial charge in [-0.3, -0.25) is 4.72 Å². The van der Waals surface area contributed by atoms with Crippen LogP contribution in [0.3, 0.4) is 0 Å². The number of hydrogen-bond donors (Lipinski definition) is 2. The molecule has 3 aromatic rings. The van der Waals surface area contributed by atoms with Crippen LogP contribution in [0.25, 0.3) is 0 Å². The molecular formula is C26H25ClN2O4S. The molecule has 0 amide bonds. The van der Waals surface area contributed by atoms with Crippen LogP contribution < -0.4 is 19.5 Å². The molecular weight excluding hydrogens is 472 g/mol. The average molecular weight is 497 g/mol. The normalized spacial score (nSPS) is 20.7. The number of nitrogens with one attached hydrogen (secondary N) is 2. The largest absolute Gasteiger partial charge is 0.497 e. The summed E-state index contributed by atoms with van der Waals surface area (Å²) in [7, 11) is -0.805. The number of methoxy groups -OCH3 is 2. The number of rotatable bonds is 6. The van der Waals surface area contributed by atoms with E-state index in [0.717, 1.165) is 17.7 Å². The molecule has 3 atom stereocenters. The molecule has 0 aromatic heterocycles. The van der Waals surface area contributed by atoms with Crippen LogP contribution >= 0.6 is 11.6 Å². The van der Waals surface area contributed by atoms with E-state index in [1.807, 2.05) is 30.3 Å². The Hall–Kier alpha value is -3.16. The Kier molecular flexibility index (Phi) is 5.91. The molecule has 1 aliphatic heterocycles. The van der Waals surface area contributed by atoms with E-state index in [1.165, 1.54) is 12.7 Å². The van der Waals surface area contributed by atoms with Gasteiger partial charge in [0.1, 0.15) is 11.5 Å². The number of hydrogen-bond acceptors (Lipinski definition) is 5. The molecule has 0 bridgehead atoms. The monoisotopic (exact) mass is 496 g/mol. The van der Waals surface area contributed by atoms with Crippen molar-refractivity contribution in [2.75, 3.05) is 24.3 Å². The molecule has 0 saturated heterocycles. The van der Waals surface area contributed by atoms with Crippen molar-refractivity contribution in [1.29, 1.82) is 0 Å². The smallest absolute Gasteiger partial charge is 0.262 e. The fraction of sp³-hybridized carbons (Fsp3) is 0.231. The molecule has 8 heteroatoms. The molecule has 6 nitrogen and oxygen atoms in total. The van der Waals surface area contributed by atoms with Crippen LogP contribution in [0.15, 0.2) is 77.7 Å². The van der Waals surface area contributed by atoms with Crippen LogP contribution in [0.1, 0.15) is 29.5 Å². The molecule has 0 radical (unpaired) electrons. The molecule has 1 aliphatic carbocycles. The number of benzene rings is 3. The van der Waals surface area contributed by atoms with Crippen molar-refractivity contribution in [1.82, 2.24) is 0 Å². The second kappa shape index (κ2) is 8.89. The van der Waals surface area contributed by atoms with E-state index in [0.29, 0.717) is 28.1 Å². The maximum atomic E-state index is 13.3. The second-order valence-corrected chi connectivity index (χ2v) is 10.6. The Balaban J connectivity index is 1.47. The van der Waals surface area contributed by atoms with Gasteiger partial charge in [-0.1, -0.05) is 35.9 Å². The highest BCUT2D eigenvalue weighted by molar-refractivity contribution is 7.92. The standard InChI is InChI=1S/C26H25ClN2O4S/c1-32-18-10-12-24(25(14-18)33-2)29-34(30,31)19-11-13-23-22(15-19)20-4-3-5-21(20)26(28-23)16-6-8-17(27)9-7-16/h3-4,6-15,20-21,26,28-29H,5H2,1-2H3/t20-,21+,26+/m0/s1. The van der Waals surface area contributed by atoms with Gasteiger partial charge in [-0.15, -0.1) is 0 Å². The van der Waals surface area contributed by atoms with E-state index in [4.69, 9.17) is 21.1 Å². The van der Waals surface area contributed by atoms with Gasteiger partial charge in [0.05, 0.1) is 30.8 Å². The van der Waals surface area contributed by atoms with E-state index in [9.17, 15) is 8.42 Å². The number of halogens is 1. The quantitative estimate of drug-likeness (QED) is 0.410. The lowest BCUT2D eigenvalue weighted by molar-refractivity contribution is 0.395. The summed E-state index contributed by atoms with van der Waals surface area (Å²) >= 11 is 6.09. The lowest BCUT2D eigenvalue weighted by Crippen LogP contribution is -2.29. The third-order valence-electron chi connectivity index (χ3n) is 6.53. The predicted octanol–water partition coefficient (Wildman–Crippen LogP) is 5.98. The first kappa shape index (κ1) is 22.6. The zero-order valence-corrected chi connectivity index (χ0v) is 20.4. The van der Waals surface area contributed by atoms with Gasteiger partial charge in [0.15, 0.2) is 0 Å². The van der Waals surface area contributed by atoms with E-state index >= 15 is 0 Å². The van der Waals surface area contributed by atoms with Gasteiger partial charge in [-0.05, 0) is 65.9 Å². The van der Waals surface area contributed by atoms with E-state index in [-0.39, 0.29) is 16.9 Å². The number of ether oxygens (including phenoxy) is 2. The molecule has 176 valence electrons. The first-order valence-corrected chi connectivity index (χ1v) is 12.8. The predicted molar refractivity (Wildman–Crippen MR) is 135 cm³/mol. The summed E-state index contributed by atoms with van der Waals surface area (Å²) in [6.45, 7) is 0. The van der Waals surface area contributed by atoms with Gasteiger partial charge < -0.3 is 14.8 Å².